The monoisotopic (exact) mass is 279 g/mol. The first-order chi connectivity index (χ1) is 6.98. The first-order valence-corrected chi connectivity index (χ1v) is 5.35. The Labute approximate surface area is 93.8 Å². The number of halogens is 4. The molecule has 0 spiro atoms. The number of hydrogen-bond acceptors (Lipinski definition) is 1. The first-order valence-electron chi connectivity index (χ1n) is 4.56. The Morgan fingerprint density at radius 2 is 1.93 bits per heavy atom. The van der Waals surface area contributed by atoms with Gasteiger partial charge in [-0.2, -0.15) is 13.2 Å². The van der Waals surface area contributed by atoms with E-state index in [-0.39, 0.29) is 5.92 Å². The summed E-state index contributed by atoms with van der Waals surface area (Å²) in [6, 6.07) is 3.80. The second kappa shape index (κ2) is 3.79. The van der Waals surface area contributed by atoms with Crippen molar-refractivity contribution in [2.75, 3.05) is 13.1 Å². The van der Waals surface area contributed by atoms with Gasteiger partial charge in [-0.3, -0.25) is 0 Å². The predicted molar refractivity (Wildman–Crippen MR) is 54.8 cm³/mol. The summed E-state index contributed by atoms with van der Waals surface area (Å²) >= 11 is 3.28. The fourth-order valence-electron chi connectivity index (χ4n) is 1.54. The van der Waals surface area contributed by atoms with E-state index in [1.807, 2.05) is 0 Å². The normalized spacial score (nSPS) is 17.6. The molecular weight excluding hydrogens is 271 g/mol. The molecule has 0 aliphatic carbocycles. The Balaban J connectivity index is 2.36. The van der Waals surface area contributed by atoms with E-state index in [2.05, 4.69) is 21.2 Å². The summed E-state index contributed by atoms with van der Waals surface area (Å²) in [5.74, 6) is 0.196. The van der Waals surface area contributed by atoms with E-state index in [1.54, 1.807) is 0 Å². The third-order valence-electron chi connectivity index (χ3n) is 2.54. The minimum absolute atomic E-state index is 0.196. The smallest absolute Gasteiger partial charge is 0.315 e. The van der Waals surface area contributed by atoms with E-state index in [0.29, 0.717) is 0 Å². The quantitative estimate of drug-likeness (QED) is 0.833. The zero-order chi connectivity index (χ0) is 11.1. The fraction of sp³-hybridized carbons (Fsp3) is 0.400. The van der Waals surface area contributed by atoms with Crippen molar-refractivity contribution in [3.63, 3.8) is 0 Å². The van der Waals surface area contributed by atoms with Crippen molar-refractivity contribution in [2.45, 2.75) is 12.1 Å². The maximum Gasteiger partial charge on any atom is 0.416 e. The Morgan fingerprint density at radius 3 is 2.40 bits per heavy atom. The van der Waals surface area contributed by atoms with Gasteiger partial charge >= 0.3 is 6.18 Å². The van der Waals surface area contributed by atoms with Crippen molar-refractivity contribution in [2.24, 2.45) is 0 Å². The average molecular weight is 280 g/mol. The van der Waals surface area contributed by atoms with Crippen molar-refractivity contribution in [3.05, 3.63) is 33.8 Å². The maximum atomic E-state index is 12.5. The molecule has 0 bridgehead atoms. The number of benzene rings is 1. The highest BCUT2D eigenvalue weighted by atomic mass is 79.9. The maximum absolute atomic E-state index is 12.5. The summed E-state index contributed by atoms with van der Waals surface area (Å²) < 4.78 is 38.1. The minimum atomic E-state index is -4.26. The Kier molecular flexibility index (Phi) is 2.77. The van der Waals surface area contributed by atoms with E-state index < -0.39 is 11.7 Å². The van der Waals surface area contributed by atoms with Crippen molar-refractivity contribution < 1.29 is 13.2 Å². The van der Waals surface area contributed by atoms with Gasteiger partial charge in [-0.25, -0.2) is 0 Å². The van der Waals surface area contributed by atoms with Gasteiger partial charge < -0.3 is 5.32 Å². The van der Waals surface area contributed by atoms with Crippen LogP contribution < -0.4 is 5.32 Å². The molecule has 0 aromatic heterocycles. The van der Waals surface area contributed by atoms with Gasteiger partial charge in [-0.15, -0.1) is 0 Å². The molecule has 15 heavy (non-hydrogen) atoms. The third-order valence-corrected chi connectivity index (χ3v) is 3.27. The molecule has 1 heterocycles. The van der Waals surface area contributed by atoms with Gasteiger partial charge in [0.25, 0.3) is 0 Å². The molecule has 1 aromatic carbocycles. The lowest BCUT2D eigenvalue weighted by Crippen LogP contribution is -2.40. The van der Waals surface area contributed by atoms with Gasteiger partial charge in [0.1, 0.15) is 0 Å². The largest absolute Gasteiger partial charge is 0.416 e. The second-order valence-corrected chi connectivity index (χ2v) is 4.44. The summed E-state index contributed by atoms with van der Waals surface area (Å²) in [4.78, 5) is 0. The van der Waals surface area contributed by atoms with E-state index in [0.717, 1.165) is 29.2 Å². The molecular formula is C10H9BrF3N. The summed E-state index contributed by atoms with van der Waals surface area (Å²) in [5.41, 5.74) is 0.163. The SMILES string of the molecule is FC(F)(F)c1ccc(Br)c(C2CNC2)c1. The van der Waals surface area contributed by atoms with Gasteiger partial charge in [0.15, 0.2) is 0 Å². The zero-order valence-electron chi connectivity index (χ0n) is 7.74. The van der Waals surface area contributed by atoms with Gasteiger partial charge in [0.2, 0.25) is 0 Å². The highest BCUT2D eigenvalue weighted by molar-refractivity contribution is 9.10. The van der Waals surface area contributed by atoms with Crippen LogP contribution >= 0.6 is 15.9 Å². The molecule has 2 rings (SSSR count). The van der Waals surface area contributed by atoms with Crippen LogP contribution in [0.5, 0.6) is 0 Å². The highest BCUT2D eigenvalue weighted by Gasteiger charge is 2.32. The van der Waals surface area contributed by atoms with E-state index in [1.165, 1.54) is 12.1 Å². The van der Waals surface area contributed by atoms with Crippen molar-refractivity contribution in [1.29, 1.82) is 0 Å². The molecule has 1 aromatic rings. The molecule has 0 saturated carbocycles. The molecule has 1 fully saturated rings. The fourth-order valence-corrected chi connectivity index (χ4v) is 2.11. The predicted octanol–water partition coefficient (Wildman–Crippen LogP) is 3.15. The lowest BCUT2D eigenvalue weighted by atomic mass is 9.92. The average Bonchev–Trinajstić information content (AvgIpc) is 2.03. The third kappa shape index (κ3) is 2.18. The van der Waals surface area contributed by atoms with Crippen LogP contribution in [0.25, 0.3) is 0 Å². The van der Waals surface area contributed by atoms with Gasteiger partial charge in [-0.1, -0.05) is 15.9 Å². The van der Waals surface area contributed by atoms with Gasteiger partial charge in [-0.05, 0) is 23.8 Å². The zero-order valence-corrected chi connectivity index (χ0v) is 9.32. The van der Waals surface area contributed by atoms with Crippen LogP contribution in [0.3, 0.4) is 0 Å². The summed E-state index contributed by atoms with van der Waals surface area (Å²) in [6.45, 7) is 1.50. The Bertz CT molecular complexity index is 371. The van der Waals surface area contributed by atoms with Crippen LogP contribution in [0.1, 0.15) is 17.0 Å². The summed E-state index contributed by atoms with van der Waals surface area (Å²) in [7, 11) is 0. The molecule has 82 valence electrons. The lowest BCUT2D eigenvalue weighted by Gasteiger charge is -2.28. The highest BCUT2D eigenvalue weighted by Crippen LogP contribution is 2.35. The lowest BCUT2D eigenvalue weighted by molar-refractivity contribution is -0.137. The van der Waals surface area contributed by atoms with Crippen molar-refractivity contribution in [3.8, 4) is 0 Å². The molecule has 1 saturated heterocycles. The van der Waals surface area contributed by atoms with Gasteiger partial charge in [0.05, 0.1) is 5.56 Å². The molecule has 1 nitrogen and oxygen atoms in total. The molecule has 1 aliphatic rings. The molecule has 1 aliphatic heterocycles. The standard InChI is InChI=1S/C10H9BrF3N/c11-9-2-1-7(10(12,13)14)3-8(9)6-4-15-5-6/h1-3,6,15H,4-5H2. The molecule has 0 amide bonds. The van der Waals surface area contributed by atoms with Crippen LogP contribution in [-0.2, 0) is 6.18 Å². The summed E-state index contributed by atoms with van der Waals surface area (Å²) in [5, 5.41) is 3.04. The van der Waals surface area contributed by atoms with Crippen molar-refractivity contribution >= 4 is 15.9 Å². The molecule has 1 N–H and O–H groups in total. The molecule has 0 unspecified atom stereocenters. The second-order valence-electron chi connectivity index (χ2n) is 3.59. The number of nitrogens with one attached hydrogen (secondary N) is 1. The number of rotatable bonds is 1. The Hall–Kier alpha value is -0.550. The van der Waals surface area contributed by atoms with E-state index in [9.17, 15) is 13.2 Å². The topological polar surface area (TPSA) is 12.0 Å². The Morgan fingerprint density at radius 1 is 1.27 bits per heavy atom. The molecule has 0 atom stereocenters. The number of alkyl halides is 3. The first kappa shape index (κ1) is 11.0. The van der Waals surface area contributed by atoms with Gasteiger partial charge in [0, 0.05) is 23.5 Å². The van der Waals surface area contributed by atoms with E-state index >= 15 is 0 Å². The van der Waals surface area contributed by atoms with Crippen LogP contribution in [0.15, 0.2) is 22.7 Å². The summed E-state index contributed by atoms with van der Waals surface area (Å²) in [6.07, 6.45) is -4.26. The van der Waals surface area contributed by atoms with Crippen LogP contribution in [-0.4, -0.2) is 13.1 Å². The van der Waals surface area contributed by atoms with Crippen LogP contribution in [0.4, 0.5) is 13.2 Å². The van der Waals surface area contributed by atoms with Crippen LogP contribution in [0, 0.1) is 0 Å². The van der Waals surface area contributed by atoms with E-state index in [4.69, 9.17) is 0 Å². The minimum Gasteiger partial charge on any atom is -0.315 e. The van der Waals surface area contributed by atoms with Crippen molar-refractivity contribution in [1.82, 2.24) is 5.32 Å². The number of hydrogen-bond donors (Lipinski definition) is 1. The van der Waals surface area contributed by atoms with Crippen LogP contribution in [0.2, 0.25) is 0 Å². The molecule has 0 radical (unpaired) electrons. The molecule has 5 heteroatoms.